The second-order valence-electron chi connectivity index (χ2n) is 5.04. The van der Waals surface area contributed by atoms with Gasteiger partial charge in [-0.1, -0.05) is 0 Å². The average molecular weight is 270 g/mol. The number of nitrogens with zero attached hydrogens (tertiary/aromatic N) is 2. The number of hydrogen-bond donors (Lipinski definition) is 1. The molecule has 1 aromatic heterocycles. The van der Waals surface area contributed by atoms with Gasteiger partial charge in [0.25, 0.3) is 5.91 Å². The predicted octanol–water partition coefficient (Wildman–Crippen LogP) is 2.17. The first kappa shape index (κ1) is 14.6. The SMILES string of the molecule is Cc1ncsc1C(=O)N(CCC(=O)O)C(C)(C)C. The predicted molar refractivity (Wildman–Crippen MR) is 69.9 cm³/mol. The van der Waals surface area contributed by atoms with Crippen LogP contribution in [0.25, 0.3) is 0 Å². The first-order valence-electron chi connectivity index (χ1n) is 5.67. The van der Waals surface area contributed by atoms with Crippen molar-refractivity contribution in [2.45, 2.75) is 39.7 Å². The van der Waals surface area contributed by atoms with Gasteiger partial charge in [-0.2, -0.15) is 0 Å². The number of carbonyl (C=O) groups is 2. The summed E-state index contributed by atoms with van der Waals surface area (Å²) in [7, 11) is 0. The Labute approximate surface area is 110 Å². The normalized spacial score (nSPS) is 11.3. The van der Waals surface area contributed by atoms with Crippen LogP contribution in [0.1, 0.15) is 42.6 Å². The quantitative estimate of drug-likeness (QED) is 0.910. The molecule has 0 aromatic carbocycles. The molecule has 0 aliphatic carbocycles. The van der Waals surface area contributed by atoms with Crippen molar-refractivity contribution in [1.29, 1.82) is 0 Å². The number of hydrogen-bond acceptors (Lipinski definition) is 4. The third kappa shape index (κ3) is 3.53. The Bertz CT molecular complexity index is 448. The molecule has 0 saturated heterocycles. The lowest BCUT2D eigenvalue weighted by atomic mass is 10.0. The van der Waals surface area contributed by atoms with E-state index >= 15 is 0 Å². The van der Waals surface area contributed by atoms with E-state index in [1.807, 2.05) is 20.8 Å². The van der Waals surface area contributed by atoms with Crippen LogP contribution in [0.3, 0.4) is 0 Å². The molecule has 0 aliphatic heterocycles. The number of rotatable bonds is 4. The van der Waals surface area contributed by atoms with E-state index < -0.39 is 11.5 Å². The highest BCUT2D eigenvalue weighted by molar-refractivity contribution is 7.11. The second-order valence-corrected chi connectivity index (χ2v) is 5.89. The van der Waals surface area contributed by atoms with Gasteiger partial charge in [0.15, 0.2) is 0 Å². The van der Waals surface area contributed by atoms with Crippen LogP contribution < -0.4 is 0 Å². The number of aliphatic carboxylic acids is 1. The van der Waals surface area contributed by atoms with E-state index in [1.54, 1.807) is 17.3 Å². The second kappa shape index (κ2) is 5.48. The maximum Gasteiger partial charge on any atom is 0.305 e. The smallest absolute Gasteiger partial charge is 0.305 e. The zero-order valence-corrected chi connectivity index (χ0v) is 11.9. The molecule has 1 aromatic rings. The Morgan fingerprint density at radius 3 is 2.44 bits per heavy atom. The molecule has 1 N–H and O–H groups in total. The van der Waals surface area contributed by atoms with E-state index in [4.69, 9.17) is 5.11 Å². The maximum atomic E-state index is 12.4. The van der Waals surface area contributed by atoms with E-state index in [0.29, 0.717) is 10.6 Å². The lowest BCUT2D eigenvalue weighted by Crippen LogP contribution is -2.46. The summed E-state index contributed by atoms with van der Waals surface area (Å²) < 4.78 is 0. The molecule has 0 spiro atoms. The largest absolute Gasteiger partial charge is 0.481 e. The molecular formula is C12H18N2O3S. The zero-order chi connectivity index (χ0) is 13.9. The molecule has 1 rings (SSSR count). The molecule has 18 heavy (non-hydrogen) atoms. The first-order valence-corrected chi connectivity index (χ1v) is 6.55. The fourth-order valence-electron chi connectivity index (χ4n) is 1.58. The van der Waals surface area contributed by atoms with Crippen LogP contribution in [0.5, 0.6) is 0 Å². The van der Waals surface area contributed by atoms with Gasteiger partial charge in [0.05, 0.1) is 17.6 Å². The third-order valence-corrected chi connectivity index (χ3v) is 3.46. The van der Waals surface area contributed by atoms with Crippen LogP contribution in [0, 0.1) is 6.92 Å². The summed E-state index contributed by atoms with van der Waals surface area (Å²) in [6.45, 7) is 7.66. The Morgan fingerprint density at radius 2 is 2.06 bits per heavy atom. The van der Waals surface area contributed by atoms with Crippen molar-refractivity contribution in [2.24, 2.45) is 0 Å². The highest BCUT2D eigenvalue weighted by atomic mass is 32.1. The Kier molecular flexibility index (Phi) is 4.45. The number of carboxylic acids is 1. The summed E-state index contributed by atoms with van der Waals surface area (Å²) in [5.41, 5.74) is 1.90. The molecule has 100 valence electrons. The highest BCUT2D eigenvalue weighted by Crippen LogP contribution is 2.21. The number of amides is 1. The summed E-state index contributed by atoms with van der Waals surface area (Å²) in [6, 6.07) is 0. The average Bonchev–Trinajstić information content (AvgIpc) is 2.61. The molecule has 0 atom stereocenters. The molecule has 0 aliphatic rings. The maximum absolute atomic E-state index is 12.4. The Hall–Kier alpha value is -1.43. The number of thiazole rings is 1. The minimum absolute atomic E-state index is 0.0547. The molecule has 0 unspecified atom stereocenters. The summed E-state index contributed by atoms with van der Waals surface area (Å²) in [4.78, 5) is 29.3. The van der Waals surface area contributed by atoms with Gasteiger partial charge in [0, 0.05) is 12.1 Å². The molecule has 6 heteroatoms. The van der Waals surface area contributed by atoms with Gasteiger partial charge in [0.1, 0.15) is 4.88 Å². The molecule has 0 saturated carbocycles. The van der Waals surface area contributed by atoms with Gasteiger partial charge in [-0.15, -0.1) is 11.3 Å². The fourth-order valence-corrected chi connectivity index (χ4v) is 2.33. The molecular weight excluding hydrogens is 252 g/mol. The molecule has 0 radical (unpaired) electrons. The zero-order valence-electron chi connectivity index (χ0n) is 11.1. The van der Waals surface area contributed by atoms with E-state index in [2.05, 4.69) is 4.98 Å². The van der Waals surface area contributed by atoms with Gasteiger partial charge in [-0.3, -0.25) is 9.59 Å². The molecule has 1 heterocycles. The van der Waals surface area contributed by atoms with E-state index in [-0.39, 0.29) is 18.9 Å². The molecule has 1 amide bonds. The van der Waals surface area contributed by atoms with Crippen LogP contribution in [-0.4, -0.2) is 39.0 Å². The number of aryl methyl sites for hydroxylation is 1. The van der Waals surface area contributed by atoms with Crippen LogP contribution in [-0.2, 0) is 4.79 Å². The van der Waals surface area contributed by atoms with Crippen molar-refractivity contribution in [2.75, 3.05) is 6.54 Å². The monoisotopic (exact) mass is 270 g/mol. The van der Waals surface area contributed by atoms with Crippen molar-refractivity contribution < 1.29 is 14.7 Å². The summed E-state index contributed by atoms with van der Waals surface area (Å²) in [5.74, 6) is -1.05. The van der Waals surface area contributed by atoms with Crippen molar-refractivity contribution in [3.63, 3.8) is 0 Å². The van der Waals surface area contributed by atoms with Crippen molar-refractivity contribution in [1.82, 2.24) is 9.88 Å². The molecule has 5 nitrogen and oxygen atoms in total. The molecule has 0 fully saturated rings. The summed E-state index contributed by atoms with van der Waals surface area (Å²) in [6.07, 6.45) is -0.0547. The number of aromatic nitrogens is 1. The van der Waals surface area contributed by atoms with Crippen LogP contribution in [0.2, 0.25) is 0 Å². The van der Waals surface area contributed by atoms with Crippen molar-refractivity contribution in [3.05, 3.63) is 16.1 Å². The van der Waals surface area contributed by atoms with E-state index in [9.17, 15) is 9.59 Å². The topological polar surface area (TPSA) is 70.5 Å². The van der Waals surface area contributed by atoms with Crippen LogP contribution >= 0.6 is 11.3 Å². The molecule has 0 bridgehead atoms. The lowest BCUT2D eigenvalue weighted by Gasteiger charge is -2.35. The lowest BCUT2D eigenvalue weighted by molar-refractivity contribution is -0.137. The number of carboxylic acid groups (broad SMARTS) is 1. The van der Waals surface area contributed by atoms with Gasteiger partial charge >= 0.3 is 5.97 Å². The van der Waals surface area contributed by atoms with Gasteiger partial charge in [-0.25, -0.2) is 4.98 Å². The highest BCUT2D eigenvalue weighted by Gasteiger charge is 2.29. The van der Waals surface area contributed by atoms with Crippen molar-refractivity contribution in [3.8, 4) is 0 Å². The standard InChI is InChI=1S/C12H18N2O3S/c1-8-10(18-7-13-8)11(17)14(12(2,3)4)6-5-9(15)16/h7H,5-6H2,1-4H3,(H,15,16). The fraction of sp³-hybridized carbons (Fsp3) is 0.583. The Balaban J connectivity index is 2.94. The third-order valence-electron chi connectivity index (χ3n) is 2.54. The van der Waals surface area contributed by atoms with Crippen molar-refractivity contribution >= 4 is 23.2 Å². The van der Waals surface area contributed by atoms with E-state index in [0.717, 1.165) is 0 Å². The Morgan fingerprint density at radius 1 is 1.44 bits per heavy atom. The van der Waals surface area contributed by atoms with Gasteiger partial charge in [-0.05, 0) is 27.7 Å². The van der Waals surface area contributed by atoms with Crippen LogP contribution in [0.4, 0.5) is 0 Å². The minimum Gasteiger partial charge on any atom is -0.481 e. The first-order chi connectivity index (χ1) is 8.23. The van der Waals surface area contributed by atoms with Gasteiger partial charge in [0.2, 0.25) is 0 Å². The number of carbonyl (C=O) groups excluding carboxylic acids is 1. The minimum atomic E-state index is -0.905. The summed E-state index contributed by atoms with van der Waals surface area (Å²) in [5, 5.41) is 8.75. The van der Waals surface area contributed by atoms with Gasteiger partial charge < -0.3 is 10.0 Å². The van der Waals surface area contributed by atoms with Crippen LogP contribution in [0.15, 0.2) is 5.51 Å². The summed E-state index contributed by atoms with van der Waals surface area (Å²) >= 11 is 1.29. The van der Waals surface area contributed by atoms with E-state index in [1.165, 1.54) is 11.3 Å².